The highest BCUT2D eigenvalue weighted by Crippen LogP contribution is 2.40. The van der Waals surface area contributed by atoms with Gasteiger partial charge < -0.3 is 14.5 Å². The number of morpholine rings is 1. The molecule has 0 atom stereocenters. The van der Waals surface area contributed by atoms with Gasteiger partial charge in [0.1, 0.15) is 16.9 Å². The number of imidazole rings is 3. The zero-order chi connectivity index (χ0) is 66.5. The Morgan fingerprint density at radius 1 is 0.464 bits per heavy atom. The lowest BCUT2D eigenvalue weighted by Crippen LogP contribution is -2.48. The van der Waals surface area contributed by atoms with Crippen molar-refractivity contribution in [1.29, 1.82) is 0 Å². The number of nitrogens with zero attached hydrogens (tertiary/aromatic N) is 9. The first-order chi connectivity index (χ1) is 47.3. The zero-order valence-electron chi connectivity index (χ0n) is 57.8. The molecule has 6 aromatic heterocycles. The molecule has 12 aromatic rings. The molecule has 0 amide bonds. The second kappa shape index (κ2) is 29.1. The largest absolute Gasteiger partial charge is 0.378 e. The van der Waals surface area contributed by atoms with Crippen molar-refractivity contribution in [2.45, 2.75) is 118 Å². The molecule has 0 radical (unpaired) electrons. The first-order valence-corrected chi connectivity index (χ1v) is 35.6. The minimum Gasteiger partial charge on any atom is -0.378 e. The number of pyridine rings is 3. The Balaban J connectivity index is 0.000000125. The maximum absolute atomic E-state index is 12.1. The smallest absolute Gasteiger partial charge is 0.163 e. The summed E-state index contributed by atoms with van der Waals surface area (Å²) >= 11 is 0. The van der Waals surface area contributed by atoms with Crippen LogP contribution in [0.2, 0.25) is 0 Å². The summed E-state index contributed by atoms with van der Waals surface area (Å²) in [6.45, 7) is 23.9. The van der Waals surface area contributed by atoms with Gasteiger partial charge in [0, 0.05) is 125 Å². The van der Waals surface area contributed by atoms with Crippen LogP contribution in [0.4, 0.5) is 11.4 Å². The minimum absolute atomic E-state index is 0.268. The fourth-order valence-electron chi connectivity index (χ4n) is 15.6. The molecule has 2 aliphatic carbocycles. The molecule has 0 spiro atoms. The van der Waals surface area contributed by atoms with Crippen LogP contribution in [0.15, 0.2) is 207 Å². The number of piperazine rings is 1. The summed E-state index contributed by atoms with van der Waals surface area (Å²) < 4.78 is 12.1. The molecule has 0 bridgehead atoms. The van der Waals surface area contributed by atoms with Crippen LogP contribution in [0.5, 0.6) is 0 Å². The van der Waals surface area contributed by atoms with E-state index >= 15 is 0 Å². The predicted octanol–water partition coefficient (Wildman–Crippen LogP) is 18.1. The van der Waals surface area contributed by atoms with Crippen LogP contribution in [-0.2, 0) is 30.4 Å². The van der Waals surface area contributed by atoms with Gasteiger partial charge in [0.15, 0.2) is 5.78 Å². The molecule has 1 saturated carbocycles. The van der Waals surface area contributed by atoms with Crippen LogP contribution in [-0.4, -0.2) is 97.4 Å². The van der Waals surface area contributed by atoms with Crippen molar-refractivity contribution in [1.82, 2.24) is 33.1 Å². The number of ether oxygens (including phenoxy) is 1. The van der Waals surface area contributed by atoms with E-state index in [1.807, 2.05) is 30.9 Å². The molecule has 16 rings (SSSR count). The number of fused-ring (bicyclic) bond motifs is 4. The molecule has 494 valence electrons. The number of aryl methyl sites for hydroxylation is 4. The molecule has 8 heterocycles. The molecule has 2 aliphatic heterocycles. The standard InChI is InChI=1S/C33H36N2O.C28H32N4.C25H25N3O/c1-21(2)24-5-7-25(8-6-24)29-12-4-23(18-22(29)3)19-28-10-14-31(35-17-16-34-33(28)35)27-9-13-30-26(20-27)11-15-32(30)36;1-21(2)30-15-17-31(18-16-30)26-10-7-23(8-11-26)20-25-9-12-27(32-14-13-29-28(25)32)24-6-4-5-22(3)19-24;1-19-3-2-4-21(17-19)24-10-7-22(25-26-11-12-28(24)25)18-20-5-8-23(9-6-20)27-13-15-29-16-14-27/h4,9-10,12-14,16-18,20-21,24-25H,5-8,11,15,19H2,1-3H3;4-14,19,21H,15-18,20H2,1-3H3;2-12,17H,13-16,18H2,1H3. The SMILES string of the molecule is Cc1cc(Cc2ccc(-c3ccc4c(c3)CCC4=O)n3ccnc23)ccc1C1CCC(C(C)C)CC1.Cc1cccc(-c2ccc(Cc3ccc(N4CCN(C(C)C)CC4)cc3)c3nccn23)c1.Cc1cccc(-c2ccc(Cc3ccc(N4CCOCC4)cc3)c3nccn23)c1. The summed E-state index contributed by atoms with van der Waals surface area (Å²) in [5.41, 5.74) is 28.0. The molecule has 3 fully saturated rings. The first kappa shape index (κ1) is 64.9. The molecule has 2 saturated heterocycles. The number of Topliss-reactive ketones (excluding diaryl/α,β-unsaturated/α-hetero) is 1. The predicted molar refractivity (Wildman–Crippen MR) is 398 cm³/mol. The summed E-state index contributed by atoms with van der Waals surface area (Å²) in [5.74, 6) is 2.70. The Kier molecular flexibility index (Phi) is 19.5. The zero-order valence-corrected chi connectivity index (χ0v) is 57.8. The van der Waals surface area contributed by atoms with Gasteiger partial charge in [-0.1, -0.05) is 134 Å². The van der Waals surface area contributed by atoms with Gasteiger partial charge in [0.2, 0.25) is 0 Å². The number of aromatic nitrogens is 6. The lowest BCUT2D eigenvalue weighted by atomic mass is 9.74. The summed E-state index contributed by atoms with van der Waals surface area (Å²) in [4.78, 5) is 33.6. The van der Waals surface area contributed by atoms with E-state index in [0.29, 0.717) is 12.5 Å². The van der Waals surface area contributed by atoms with Crippen LogP contribution < -0.4 is 9.80 Å². The Morgan fingerprint density at radius 2 is 0.938 bits per heavy atom. The van der Waals surface area contributed by atoms with E-state index in [-0.39, 0.29) is 5.78 Å². The molecule has 4 aliphatic rings. The maximum Gasteiger partial charge on any atom is 0.163 e. The summed E-state index contributed by atoms with van der Waals surface area (Å²) in [7, 11) is 0. The van der Waals surface area contributed by atoms with Crippen molar-refractivity contribution in [3.63, 3.8) is 0 Å². The maximum atomic E-state index is 12.1. The van der Waals surface area contributed by atoms with E-state index in [1.165, 1.54) is 115 Å². The van der Waals surface area contributed by atoms with Gasteiger partial charge in [-0.25, -0.2) is 15.0 Å². The highest BCUT2D eigenvalue weighted by molar-refractivity contribution is 6.01. The van der Waals surface area contributed by atoms with Crippen LogP contribution in [0.1, 0.15) is 137 Å². The topological polar surface area (TPSA) is 87.9 Å². The third-order valence-corrected chi connectivity index (χ3v) is 21.2. The van der Waals surface area contributed by atoms with E-state index in [1.54, 1.807) is 5.56 Å². The van der Waals surface area contributed by atoms with Gasteiger partial charge in [0.05, 0.1) is 30.3 Å². The Hall–Kier alpha value is -9.42. The van der Waals surface area contributed by atoms with Gasteiger partial charge in [-0.2, -0.15) is 0 Å². The Morgan fingerprint density at radius 3 is 1.41 bits per heavy atom. The molecular formula is C86H93N9O2. The van der Waals surface area contributed by atoms with Gasteiger partial charge in [-0.3, -0.25) is 22.9 Å². The number of hydrogen-bond acceptors (Lipinski definition) is 8. The van der Waals surface area contributed by atoms with Gasteiger partial charge >= 0.3 is 0 Å². The molecular weight excluding hydrogens is 1190 g/mol. The lowest BCUT2D eigenvalue weighted by Gasteiger charge is -2.38. The number of carbonyl (C=O) groups is 1. The minimum atomic E-state index is 0.268. The van der Waals surface area contributed by atoms with E-state index in [0.717, 1.165) is 130 Å². The highest BCUT2D eigenvalue weighted by atomic mass is 16.5. The summed E-state index contributed by atoms with van der Waals surface area (Å²) in [6.07, 6.45) is 21.4. The fraction of sp³-hybridized carbons (Fsp3) is 0.326. The third-order valence-electron chi connectivity index (χ3n) is 21.2. The number of ketones is 1. The van der Waals surface area contributed by atoms with Gasteiger partial charge in [0.25, 0.3) is 0 Å². The Labute approximate surface area is 573 Å². The normalized spacial score (nSPS) is 16.6. The molecule has 97 heavy (non-hydrogen) atoms. The average Bonchev–Trinajstić information content (AvgIpc) is 1.75. The van der Waals surface area contributed by atoms with Crippen LogP contribution in [0, 0.1) is 32.6 Å². The molecule has 0 N–H and O–H groups in total. The number of carbonyl (C=O) groups excluding carboxylic acids is 1. The first-order valence-electron chi connectivity index (χ1n) is 35.6. The van der Waals surface area contributed by atoms with Crippen molar-refractivity contribution in [3.8, 4) is 33.8 Å². The molecule has 11 nitrogen and oxygen atoms in total. The average molecular weight is 1280 g/mol. The van der Waals surface area contributed by atoms with Gasteiger partial charge in [-0.15, -0.1) is 0 Å². The van der Waals surface area contributed by atoms with Crippen molar-refractivity contribution >= 4 is 34.1 Å². The molecule has 0 unspecified atom stereocenters. The van der Waals surface area contributed by atoms with Crippen LogP contribution in [0.3, 0.4) is 0 Å². The fourth-order valence-corrected chi connectivity index (χ4v) is 15.6. The number of rotatable bonds is 14. The molecule has 6 aromatic carbocycles. The van der Waals surface area contributed by atoms with Crippen LogP contribution >= 0.6 is 0 Å². The Bertz CT molecular complexity index is 4700. The number of hydrogen-bond donors (Lipinski definition) is 0. The van der Waals surface area contributed by atoms with Crippen molar-refractivity contribution in [2.24, 2.45) is 11.8 Å². The monoisotopic (exact) mass is 1280 g/mol. The number of anilines is 2. The van der Waals surface area contributed by atoms with E-state index in [9.17, 15) is 4.79 Å². The molecule has 11 heteroatoms. The van der Waals surface area contributed by atoms with Crippen molar-refractivity contribution in [3.05, 3.63) is 274 Å². The van der Waals surface area contributed by atoms with Crippen molar-refractivity contribution < 1.29 is 9.53 Å². The highest BCUT2D eigenvalue weighted by Gasteiger charge is 2.26. The van der Waals surface area contributed by atoms with E-state index < -0.39 is 0 Å². The lowest BCUT2D eigenvalue weighted by molar-refractivity contribution is 0.0994. The second-order valence-corrected chi connectivity index (χ2v) is 28.3. The third kappa shape index (κ3) is 14.5. The number of benzene rings is 6. The quantitative estimate of drug-likeness (QED) is 0.106. The summed E-state index contributed by atoms with van der Waals surface area (Å²) in [6, 6.07) is 62.6. The van der Waals surface area contributed by atoms with Crippen molar-refractivity contribution in [2.75, 3.05) is 62.3 Å². The summed E-state index contributed by atoms with van der Waals surface area (Å²) in [5, 5.41) is 0. The van der Waals surface area contributed by atoms with Crippen LogP contribution in [0.25, 0.3) is 50.7 Å². The van der Waals surface area contributed by atoms with E-state index in [2.05, 4.69) is 263 Å². The van der Waals surface area contributed by atoms with Gasteiger partial charge in [-0.05, 0) is 212 Å². The second-order valence-electron chi connectivity index (χ2n) is 28.3. The van der Waals surface area contributed by atoms with E-state index in [4.69, 9.17) is 9.72 Å².